The van der Waals surface area contributed by atoms with E-state index in [1.54, 1.807) is 6.21 Å². The van der Waals surface area contributed by atoms with E-state index in [4.69, 9.17) is 10.1 Å². The first-order valence-electron chi connectivity index (χ1n) is 11.1. The third-order valence-corrected chi connectivity index (χ3v) is 6.15. The van der Waals surface area contributed by atoms with Crippen LogP contribution in [0.1, 0.15) is 41.3 Å². The van der Waals surface area contributed by atoms with E-state index in [-0.39, 0.29) is 12.7 Å². The molecule has 0 saturated carbocycles. The molecule has 8 heteroatoms. The summed E-state index contributed by atoms with van der Waals surface area (Å²) in [6.45, 7) is 8.09. The largest absolute Gasteiger partial charge is 0.394 e. The third-order valence-electron chi connectivity index (χ3n) is 6.15. The van der Waals surface area contributed by atoms with E-state index < -0.39 is 0 Å². The van der Waals surface area contributed by atoms with Crippen molar-refractivity contribution in [2.75, 3.05) is 49.6 Å². The fourth-order valence-corrected chi connectivity index (χ4v) is 4.52. The highest BCUT2D eigenvalue weighted by atomic mass is 16.5. The Balaban J connectivity index is 1.62. The SMILES string of the molecule is Cc1nc(Nc2cc(C3CCNCC3)c(C)cc2C=[NH2+])cc(N2CCO[C@@H](CO)C2)n1. The van der Waals surface area contributed by atoms with Crippen molar-refractivity contribution in [3.63, 3.8) is 0 Å². The molecule has 1 aromatic carbocycles. The molecule has 166 valence electrons. The van der Waals surface area contributed by atoms with E-state index >= 15 is 0 Å². The van der Waals surface area contributed by atoms with Crippen molar-refractivity contribution >= 4 is 23.5 Å². The highest BCUT2D eigenvalue weighted by Crippen LogP contribution is 2.33. The number of hydrogen-bond donors (Lipinski definition) is 4. The summed E-state index contributed by atoms with van der Waals surface area (Å²) in [5, 5.41) is 22.3. The summed E-state index contributed by atoms with van der Waals surface area (Å²) < 4.78 is 5.57. The number of anilines is 3. The molecule has 8 nitrogen and oxygen atoms in total. The number of aromatic nitrogens is 2. The number of nitrogens with one attached hydrogen (secondary N) is 2. The number of aryl methyl sites for hydroxylation is 2. The lowest BCUT2D eigenvalue weighted by atomic mass is 9.86. The first kappa shape index (κ1) is 21.7. The van der Waals surface area contributed by atoms with Crippen molar-refractivity contribution in [3.05, 3.63) is 40.7 Å². The molecule has 0 unspecified atom stereocenters. The quantitative estimate of drug-likeness (QED) is 0.504. The fourth-order valence-electron chi connectivity index (χ4n) is 4.52. The van der Waals surface area contributed by atoms with Crippen LogP contribution < -0.4 is 20.9 Å². The van der Waals surface area contributed by atoms with Gasteiger partial charge in [0.25, 0.3) is 0 Å². The van der Waals surface area contributed by atoms with E-state index in [1.165, 1.54) is 11.1 Å². The molecule has 5 N–H and O–H groups in total. The first-order valence-corrected chi connectivity index (χ1v) is 11.1. The van der Waals surface area contributed by atoms with Crippen molar-refractivity contribution in [1.29, 1.82) is 0 Å². The lowest BCUT2D eigenvalue weighted by Crippen LogP contribution is -2.44. The summed E-state index contributed by atoms with van der Waals surface area (Å²) in [5.41, 5.74) is 4.57. The molecule has 2 aliphatic heterocycles. The Kier molecular flexibility index (Phi) is 6.80. The smallest absolute Gasteiger partial charge is 0.169 e. The second-order valence-corrected chi connectivity index (χ2v) is 8.39. The van der Waals surface area contributed by atoms with Gasteiger partial charge in [-0.25, -0.2) is 9.97 Å². The van der Waals surface area contributed by atoms with Crippen molar-refractivity contribution in [3.8, 4) is 0 Å². The van der Waals surface area contributed by atoms with Crippen LogP contribution in [-0.2, 0) is 4.74 Å². The van der Waals surface area contributed by atoms with Gasteiger partial charge < -0.3 is 25.4 Å². The number of morpholine rings is 1. The molecule has 3 heterocycles. The van der Waals surface area contributed by atoms with E-state index in [9.17, 15) is 5.11 Å². The Morgan fingerprint density at radius 1 is 1.26 bits per heavy atom. The van der Waals surface area contributed by atoms with E-state index in [1.807, 2.05) is 13.0 Å². The molecule has 2 saturated heterocycles. The number of ether oxygens (including phenoxy) is 1. The van der Waals surface area contributed by atoms with E-state index in [2.05, 4.69) is 44.6 Å². The molecule has 1 atom stereocenters. The first-order chi connectivity index (χ1) is 15.1. The molecule has 31 heavy (non-hydrogen) atoms. The van der Waals surface area contributed by atoms with Crippen molar-refractivity contribution < 1.29 is 15.3 Å². The fraction of sp³-hybridized carbons (Fsp3) is 0.522. The highest BCUT2D eigenvalue weighted by molar-refractivity contribution is 5.86. The summed E-state index contributed by atoms with van der Waals surface area (Å²) >= 11 is 0. The summed E-state index contributed by atoms with van der Waals surface area (Å²) in [5.74, 6) is 2.81. The average molecular weight is 426 g/mol. The predicted molar refractivity (Wildman–Crippen MR) is 122 cm³/mol. The second kappa shape index (κ2) is 9.72. The lowest BCUT2D eigenvalue weighted by Gasteiger charge is -2.33. The van der Waals surface area contributed by atoms with Crippen molar-refractivity contribution in [2.45, 2.75) is 38.7 Å². The predicted octanol–water partition coefficient (Wildman–Crippen LogP) is 0.680. The molecule has 0 aliphatic carbocycles. The molecule has 2 fully saturated rings. The number of benzene rings is 1. The number of aliphatic hydroxyl groups excluding tert-OH is 1. The van der Waals surface area contributed by atoms with Crippen LogP contribution in [0.25, 0.3) is 0 Å². The number of nitrogens with zero attached hydrogens (tertiary/aromatic N) is 3. The van der Waals surface area contributed by atoms with Crippen LogP contribution in [0.2, 0.25) is 0 Å². The monoisotopic (exact) mass is 425 g/mol. The van der Waals surface area contributed by atoms with Crippen LogP contribution >= 0.6 is 0 Å². The average Bonchev–Trinajstić information content (AvgIpc) is 2.80. The summed E-state index contributed by atoms with van der Waals surface area (Å²) in [6.07, 6.45) is 3.74. The van der Waals surface area contributed by atoms with Gasteiger partial charge >= 0.3 is 0 Å². The zero-order valence-corrected chi connectivity index (χ0v) is 18.4. The molecule has 1 aromatic heterocycles. The minimum atomic E-state index is -0.191. The molecule has 2 aromatic rings. The molecular formula is C23H33N6O2+. The van der Waals surface area contributed by atoms with Crippen LogP contribution in [0.3, 0.4) is 0 Å². The second-order valence-electron chi connectivity index (χ2n) is 8.39. The van der Waals surface area contributed by atoms with Crippen LogP contribution in [-0.4, -0.2) is 66.8 Å². The third kappa shape index (κ3) is 5.03. The van der Waals surface area contributed by atoms with Gasteiger partial charge in [0.1, 0.15) is 17.5 Å². The Morgan fingerprint density at radius 2 is 2.06 bits per heavy atom. The number of hydrogen-bond acceptors (Lipinski definition) is 7. The van der Waals surface area contributed by atoms with Gasteiger partial charge in [-0.15, -0.1) is 0 Å². The molecular weight excluding hydrogens is 392 g/mol. The highest BCUT2D eigenvalue weighted by Gasteiger charge is 2.22. The molecule has 0 radical (unpaired) electrons. The number of aliphatic hydroxyl groups is 1. The van der Waals surface area contributed by atoms with E-state index in [0.717, 1.165) is 55.4 Å². The molecule has 0 amide bonds. The zero-order valence-electron chi connectivity index (χ0n) is 18.4. The van der Waals surface area contributed by atoms with Gasteiger partial charge in [0, 0.05) is 19.2 Å². The van der Waals surface area contributed by atoms with Crippen LogP contribution in [0.15, 0.2) is 18.2 Å². The van der Waals surface area contributed by atoms with Crippen LogP contribution in [0.4, 0.5) is 17.3 Å². The van der Waals surface area contributed by atoms with Gasteiger partial charge in [-0.3, -0.25) is 5.41 Å². The molecule has 0 bridgehead atoms. The topological polar surface area (TPSA) is 108 Å². The van der Waals surface area contributed by atoms with Crippen LogP contribution in [0, 0.1) is 13.8 Å². The van der Waals surface area contributed by atoms with Gasteiger partial charge in [-0.1, -0.05) is 0 Å². The van der Waals surface area contributed by atoms with E-state index in [0.29, 0.717) is 24.9 Å². The Labute approximate surface area is 183 Å². The van der Waals surface area contributed by atoms with Gasteiger partial charge in [0.2, 0.25) is 0 Å². The zero-order chi connectivity index (χ0) is 21.8. The normalized spacial score (nSPS) is 20.0. The molecule has 2 aliphatic rings. The number of piperidine rings is 1. The Hall–Kier alpha value is -2.55. The lowest BCUT2D eigenvalue weighted by molar-refractivity contribution is -0.104. The number of nitrogens with two attached hydrogens (primary N) is 1. The summed E-state index contributed by atoms with van der Waals surface area (Å²) in [4.78, 5) is 11.4. The van der Waals surface area contributed by atoms with Crippen molar-refractivity contribution in [1.82, 2.24) is 15.3 Å². The maximum Gasteiger partial charge on any atom is 0.169 e. The molecule has 4 rings (SSSR count). The maximum atomic E-state index is 9.46. The van der Waals surface area contributed by atoms with Crippen molar-refractivity contribution in [2.24, 2.45) is 0 Å². The van der Waals surface area contributed by atoms with Gasteiger partial charge in [-0.05, 0) is 69.0 Å². The summed E-state index contributed by atoms with van der Waals surface area (Å²) in [7, 11) is 0. The summed E-state index contributed by atoms with van der Waals surface area (Å²) in [6, 6.07) is 6.34. The van der Waals surface area contributed by atoms with Gasteiger partial charge in [0.05, 0.1) is 30.6 Å². The van der Waals surface area contributed by atoms with Gasteiger partial charge in [-0.2, -0.15) is 0 Å². The minimum Gasteiger partial charge on any atom is -0.394 e. The van der Waals surface area contributed by atoms with Crippen LogP contribution in [0.5, 0.6) is 0 Å². The Bertz CT molecular complexity index is 929. The maximum absolute atomic E-state index is 9.46. The van der Waals surface area contributed by atoms with Gasteiger partial charge in [0.15, 0.2) is 6.21 Å². The molecule has 0 spiro atoms. The number of rotatable bonds is 6. The Morgan fingerprint density at radius 3 is 2.81 bits per heavy atom. The standard InChI is InChI=1S/C23H32N6O2/c1-15-9-18(12-24)21(10-20(15)17-3-5-25-6-4-17)28-22-11-23(27-16(2)26-22)29-7-8-31-19(13-29)14-30/h9-12,17,19,24-25,30H,3-8,13-14H2,1-2H3,(H,26,27,28)/p+1/t19-/m1/s1. The minimum absolute atomic E-state index is 0.00416.